The summed E-state index contributed by atoms with van der Waals surface area (Å²) in [6.07, 6.45) is -0.415. The van der Waals surface area contributed by atoms with E-state index in [0.29, 0.717) is 13.1 Å². The van der Waals surface area contributed by atoms with Gasteiger partial charge in [-0.3, -0.25) is 14.6 Å². The highest BCUT2D eigenvalue weighted by Gasteiger charge is 2.24. The van der Waals surface area contributed by atoms with Crippen LogP contribution in [0.4, 0.5) is 0 Å². The van der Waals surface area contributed by atoms with Crippen LogP contribution < -0.4 is 0 Å². The first-order valence-electron chi connectivity index (χ1n) is 9.33. The summed E-state index contributed by atoms with van der Waals surface area (Å²) < 4.78 is 0. The van der Waals surface area contributed by atoms with Gasteiger partial charge in [-0.2, -0.15) is 0 Å². The lowest BCUT2D eigenvalue weighted by Gasteiger charge is -2.36. The van der Waals surface area contributed by atoms with E-state index in [2.05, 4.69) is 49.9 Å². The SMILES string of the molecule is Cc1cccc(CN2CCN(C(=O)CN(CC(C)O)C(C)C)CC2)c1. The highest BCUT2D eigenvalue weighted by atomic mass is 16.3. The van der Waals surface area contributed by atoms with E-state index < -0.39 is 6.10 Å². The molecular weight excluding hydrogens is 314 g/mol. The molecule has 0 saturated carbocycles. The van der Waals surface area contributed by atoms with E-state index in [1.165, 1.54) is 11.1 Å². The molecule has 0 radical (unpaired) electrons. The molecule has 1 fully saturated rings. The van der Waals surface area contributed by atoms with Gasteiger partial charge in [0.05, 0.1) is 12.6 Å². The maximum Gasteiger partial charge on any atom is 0.236 e. The molecule has 1 heterocycles. The maximum atomic E-state index is 12.6. The Hall–Kier alpha value is -1.43. The van der Waals surface area contributed by atoms with Crippen LogP contribution in [-0.2, 0) is 11.3 Å². The number of amides is 1. The van der Waals surface area contributed by atoms with Gasteiger partial charge in [0.25, 0.3) is 0 Å². The zero-order chi connectivity index (χ0) is 18.4. The zero-order valence-electron chi connectivity index (χ0n) is 16.1. The lowest BCUT2D eigenvalue weighted by atomic mass is 10.1. The Morgan fingerprint density at radius 2 is 1.88 bits per heavy atom. The average molecular weight is 348 g/mol. The first-order valence-corrected chi connectivity index (χ1v) is 9.33. The predicted octanol–water partition coefficient (Wildman–Crippen LogP) is 1.73. The zero-order valence-corrected chi connectivity index (χ0v) is 16.1. The molecule has 0 bridgehead atoms. The fraction of sp³-hybridized carbons (Fsp3) is 0.650. The summed E-state index contributed by atoms with van der Waals surface area (Å²) in [7, 11) is 0. The van der Waals surface area contributed by atoms with Crippen molar-refractivity contribution < 1.29 is 9.90 Å². The van der Waals surface area contributed by atoms with Gasteiger partial charge in [0.15, 0.2) is 0 Å². The monoisotopic (exact) mass is 347 g/mol. The van der Waals surface area contributed by atoms with Crippen LogP contribution in [0.5, 0.6) is 0 Å². The number of hydrogen-bond acceptors (Lipinski definition) is 4. The van der Waals surface area contributed by atoms with Crippen molar-refractivity contribution in [1.29, 1.82) is 0 Å². The van der Waals surface area contributed by atoms with Gasteiger partial charge in [0.1, 0.15) is 0 Å². The third-order valence-electron chi connectivity index (χ3n) is 4.78. The van der Waals surface area contributed by atoms with Crippen LogP contribution in [0.15, 0.2) is 24.3 Å². The second kappa shape index (κ2) is 9.32. The highest BCUT2D eigenvalue weighted by molar-refractivity contribution is 5.78. The molecule has 1 N–H and O–H groups in total. The average Bonchev–Trinajstić information content (AvgIpc) is 2.54. The molecular formula is C20H33N3O2. The van der Waals surface area contributed by atoms with Gasteiger partial charge in [-0.05, 0) is 33.3 Å². The fourth-order valence-corrected chi connectivity index (χ4v) is 3.30. The van der Waals surface area contributed by atoms with Crippen molar-refractivity contribution in [2.24, 2.45) is 0 Å². The smallest absolute Gasteiger partial charge is 0.236 e. The minimum absolute atomic E-state index is 0.171. The van der Waals surface area contributed by atoms with E-state index >= 15 is 0 Å². The van der Waals surface area contributed by atoms with Crippen molar-refractivity contribution in [2.45, 2.75) is 46.4 Å². The van der Waals surface area contributed by atoms with Crippen LogP contribution in [0.2, 0.25) is 0 Å². The molecule has 25 heavy (non-hydrogen) atoms. The summed E-state index contributed by atoms with van der Waals surface area (Å²) in [5.41, 5.74) is 2.63. The van der Waals surface area contributed by atoms with Crippen molar-refractivity contribution >= 4 is 5.91 Å². The quantitative estimate of drug-likeness (QED) is 0.816. The molecule has 0 spiro atoms. The topological polar surface area (TPSA) is 47.0 Å². The summed E-state index contributed by atoms with van der Waals surface area (Å²) in [5.74, 6) is 0.171. The normalized spacial score (nSPS) is 17.3. The number of aliphatic hydroxyl groups is 1. The summed E-state index contributed by atoms with van der Waals surface area (Å²) in [6.45, 7) is 13.3. The Labute approximate surface area is 152 Å². The van der Waals surface area contributed by atoms with Gasteiger partial charge < -0.3 is 10.0 Å². The number of carbonyl (C=O) groups excluding carboxylic acids is 1. The van der Waals surface area contributed by atoms with Crippen LogP contribution in [0.1, 0.15) is 31.9 Å². The molecule has 1 aliphatic rings. The first-order chi connectivity index (χ1) is 11.8. The van der Waals surface area contributed by atoms with Crippen LogP contribution in [0.25, 0.3) is 0 Å². The van der Waals surface area contributed by atoms with Gasteiger partial charge >= 0.3 is 0 Å². The Morgan fingerprint density at radius 1 is 1.20 bits per heavy atom. The largest absolute Gasteiger partial charge is 0.392 e. The Bertz CT molecular complexity index is 552. The molecule has 1 aromatic rings. The Morgan fingerprint density at radius 3 is 2.44 bits per heavy atom. The fourth-order valence-electron chi connectivity index (χ4n) is 3.30. The molecule has 5 nitrogen and oxygen atoms in total. The van der Waals surface area contributed by atoms with E-state index in [-0.39, 0.29) is 11.9 Å². The van der Waals surface area contributed by atoms with E-state index in [4.69, 9.17) is 0 Å². The molecule has 0 aliphatic carbocycles. The number of carbonyl (C=O) groups is 1. The lowest BCUT2D eigenvalue weighted by Crippen LogP contribution is -2.52. The number of aliphatic hydroxyl groups excluding tert-OH is 1. The minimum atomic E-state index is -0.415. The molecule has 1 saturated heterocycles. The third kappa shape index (κ3) is 6.42. The standard InChI is InChI=1S/C20H33N3O2/c1-16(2)23(13-18(4)24)15-20(25)22-10-8-21(9-11-22)14-19-7-5-6-17(3)12-19/h5-7,12,16,18,24H,8-11,13-15H2,1-4H3. The second-order valence-electron chi connectivity index (χ2n) is 7.52. The van der Waals surface area contributed by atoms with E-state index in [1.54, 1.807) is 6.92 Å². The molecule has 0 aromatic heterocycles. The highest BCUT2D eigenvalue weighted by Crippen LogP contribution is 2.11. The predicted molar refractivity (Wildman–Crippen MR) is 101 cm³/mol. The number of piperazine rings is 1. The van der Waals surface area contributed by atoms with Gasteiger partial charge in [0.2, 0.25) is 5.91 Å². The van der Waals surface area contributed by atoms with E-state index in [9.17, 15) is 9.90 Å². The summed E-state index contributed by atoms with van der Waals surface area (Å²) in [5, 5.41) is 9.62. The number of aryl methyl sites for hydroxylation is 1. The van der Waals surface area contributed by atoms with E-state index in [0.717, 1.165) is 32.7 Å². The minimum Gasteiger partial charge on any atom is -0.392 e. The van der Waals surface area contributed by atoms with Gasteiger partial charge in [-0.1, -0.05) is 29.8 Å². The van der Waals surface area contributed by atoms with Crippen LogP contribution in [-0.4, -0.2) is 77.1 Å². The maximum absolute atomic E-state index is 12.6. The van der Waals surface area contributed by atoms with Crippen molar-refractivity contribution in [1.82, 2.24) is 14.7 Å². The number of hydrogen-bond donors (Lipinski definition) is 1. The molecule has 1 aromatic carbocycles. The van der Waals surface area contributed by atoms with Crippen LogP contribution in [0.3, 0.4) is 0 Å². The third-order valence-corrected chi connectivity index (χ3v) is 4.78. The van der Waals surface area contributed by atoms with Gasteiger partial charge in [-0.15, -0.1) is 0 Å². The number of nitrogens with zero attached hydrogens (tertiary/aromatic N) is 3. The molecule has 5 heteroatoms. The molecule has 1 unspecified atom stereocenters. The van der Waals surface area contributed by atoms with Crippen LogP contribution >= 0.6 is 0 Å². The van der Waals surface area contributed by atoms with Crippen molar-refractivity contribution in [2.75, 3.05) is 39.3 Å². The molecule has 140 valence electrons. The van der Waals surface area contributed by atoms with Crippen molar-refractivity contribution in [3.05, 3.63) is 35.4 Å². The Balaban J connectivity index is 1.81. The first kappa shape index (κ1) is 19.9. The Kier molecular flexibility index (Phi) is 7.41. The molecule has 1 amide bonds. The number of rotatable bonds is 7. The van der Waals surface area contributed by atoms with Gasteiger partial charge in [0, 0.05) is 45.3 Å². The summed E-state index contributed by atoms with van der Waals surface area (Å²) in [4.78, 5) is 19.0. The van der Waals surface area contributed by atoms with Crippen LogP contribution in [0, 0.1) is 6.92 Å². The molecule has 2 rings (SSSR count). The molecule has 1 atom stereocenters. The van der Waals surface area contributed by atoms with Crippen molar-refractivity contribution in [3.63, 3.8) is 0 Å². The van der Waals surface area contributed by atoms with E-state index in [1.807, 2.05) is 9.80 Å². The lowest BCUT2D eigenvalue weighted by molar-refractivity contribution is -0.135. The number of benzene rings is 1. The summed E-state index contributed by atoms with van der Waals surface area (Å²) in [6, 6.07) is 8.87. The molecule has 1 aliphatic heterocycles. The summed E-state index contributed by atoms with van der Waals surface area (Å²) >= 11 is 0. The van der Waals surface area contributed by atoms with Crippen molar-refractivity contribution in [3.8, 4) is 0 Å². The second-order valence-corrected chi connectivity index (χ2v) is 7.52. The van der Waals surface area contributed by atoms with Gasteiger partial charge in [-0.25, -0.2) is 0 Å².